The molecule has 57 heavy (non-hydrogen) atoms. The van der Waals surface area contributed by atoms with Gasteiger partial charge in [0.05, 0.1) is 56.0 Å². The molecule has 0 bridgehead atoms. The van der Waals surface area contributed by atoms with Crippen molar-refractivity contribution in [3.05, 3.63) is 93.3 Å². The third-order valence-corrected chi connectivity index (χ3v) is 8.98. The van der Waals surface area contributed by atoms with Gasteiger partial charge in [0, 0.05) is 11.1 Å². The minimum atomic E-state index is -3.93. The van der Waals surface area contributed by atoms with Gasteiger partial charge >= 0.3 is 0 Å². The number of hydrogen-bond acceptors (Lipinski definition) is 3. The molecule has 0 spiro atoms. The molecule has 0 radical (unpaired) electrons. The smallest absolute Gasteiger partial charge is 0.200 e. The molecule has 4 aromatic rings. The molecule has 0 heterocycles. The van der Waals surface area contributed by atoms with E-state index in [0.29, 0.717) is 0 Å². The standard InChI is InChI=1S/C24H2BF15O3.2C6H15N/c26-9-4(10(27)16(33)21(38)15(9)32)2-1-3(25(42)43)5(7-11(28)17(34)22(39)18(35)12(7)29)6(24(2)41)8-13(30)19(36)23(40)20(37)14(8)31;2*1-4-7(5-2)6-3/h1,41H;2*4-6H2,1-3H3/q-2;;/p+2. The lowest BCUT2D eigenvalue weighted by Gasteiger charge is -2.33. The molecular formula is C36H34BF15N2O3. The van der Waals surface area contributed by atoms with Gasteiger partial charge in [-0.2, -0.15) is 0 Å². The molecule has 0 aromatic heterocycles. The van der Waals surface area contributed by atoms with Crippen LogP contribution in [0.15, 0.2) is 6.07 Å². The monoisotopic (exact) mass is 838 g/mol. The van der Waals surface area contributed by atoms with Crippen LogP contribution in [0.3, 0.4) is 0 Å². The Balaban J connectivity index is 0.000000682. The fraction of sp³-hybridized carbons (Fsp3) is 0.333. The largest absolute Gasteiger partial charge is 0.889 e. The van der Waals surface area contributed by atoms with E-state index in [1.54, 1.807) is 9.80 Å². The summed E-state index contributed by atoms with van der Waals surface area (Å²) in [4.78, 5) is 3.36. The molecule has 4 rings (SSSR count). The van der Waals surface area contributed by atoms with Gasteiger partial charge in [-0.15, -0.1) is 5.46 Å². The summed E-state index contributed by atoms with van der Waals surface area (Å²) in [7, 11) is -3.93. The van der Waals surface area contributed by atoms with Crippen LogP contribution >= 0.6 is 0 Å². The molecule has 0 atom stereocenters. The highest BCUT2D eigenvalue weighted by molar-refractivity contribution is 6.58. The highest BCUT2D eigenvalue weighted by atomic mass is 19.2. The van der Waals surface area contributed by atoms with Crippen molar-refractivity contribution in [2.24, 2.45) is 0 Å². The van der Waals surface area contributed by atoms with Crippen molar-refractivity contribution in [1.29, 1.82) is 0 Å². The molecular weight excluding hydrogens is 804 g/mol. The molecule has 0 saturated heterocycles. The van der Waals surface area contributed by atoms with Crippen LogP contribution in [-0.2, 0) is 0 Å². The maximum atomic E-state index is 14.9. The van der Waals surface area contributed by atoms with Crippen molar-refractivity contribution in [3.63, 3.8) is 0 Å². The second-order valence-electron chi connectivity index (χ2n) is 11.9. The van der Waals surface area contributed by atoms with Crippen LogP contribution in [0.1, 0.15) is 41.5 Å². The Labute approximate surface area is 316 Å². The minimum Gasteiger partial charge on any atom is -0.889 e. The first-order valence-electron chi connectivity index (χ1n) is 17.0. The fourth-order valence-electron chi connectivity index (χ4n) is 5.57. The van der Waals surface area contributed by atoms with E-state index in [9.17, 15) is 81.0 Å². The summed E-state index contributed by atoms with van der Waals surface area (Å²) < 4.78 is 214. The van der Waals surface area contributed by atoms with Crippen LogP contribution in [0.25, 0.3) is 33.4 Å². The maximum Gasteiger partial charge on any atom is 0.200 e. The van der Waals surface area contributed by atoms with Crippen LogP contribution in [0.4, 0.5) is 65.9 Å². The second-order valence-corrected chi connectivity index (χ2v) is 11.9. The summed E-state index contributed by atoms with van der Waals surface area (Å²) in [5.41, 5.74) is -16.2. The fourth-order valence-corrected chi connectivity index (χ4v) is 5.57. The summed E-state index contributed by atoms with van der Waals surface area (Å²) in [5, 5.41) is 34.8. The van der Waals surface area contributed by atoms with Gasteiger partial charge in [0.25, 0.3) is 0 Å². The number of rotatable bonds is 10. The molecule has 0 unspecified atom stereocenters. The van der Waals surface area contributed by atoms with E-state index in [-0.39, 0.29) is 0 Å². The zero-order valence-corrected chi connectivity index (χ0v) is 30.8. The Morgan fingerprint density at radius 3 is 0.842 bits per heavy atom. The lowest BCUT2D eigenvalue weighted by molar-refractivity contribution is -0.894. The summed E-state index contributed by atoms with van der Waals surface area (Å²) in [5.74, 6) is -46.4. The van der Waals surface area contributed by atoms with E-state index >= 15 is 0 Å². The zero-order valence-electron chi connectivity index (χ0n) is 30.8. The van der Waals surface area contributed by atoms with E-state index < -0.39 is 145 Å². The molecule has 0 aliphatic carbocycles. The summed E-state index contributed by atoms with van der Waals surface area (Å²) >= 11 is 0. The minimum absolute atomic E-state index is 0.415. The molecule has 3 N–H and O–H groups in total. The van der Waals surface area contributed by atoms with Crippen LogP contribution in [0, 0.1) is 87.3 Å². The van der Waals surface area contributed by atoms with Crippen LogP contribution in [0.5, 0.6) is 5.75 Å². The highest BCUT2D eigenvalue weighted by Crippen LogP contribution is 2.49. The van der Waals surface area contributed by atoms with E-state index in [1.165, 1.54) is 39.3 Å². The first kappa shape index (κ1) is 48.7. The van der Waals surface area contributed by atoms with E-state index in [1.807, 2.05) is 0 Å². The average molecular weight is 838 g/mol. The van der Waals surface area contributed by atoms with Gasteiger partial charge in [-0.25, -0.2) is 65.9 Å². The van der Waals surface area contributed by atoms with Gasteiger partial charge < -0.3 is 25.0 Å². The van der Waals surface area contributed by atoms with Crippen LogP contribution < -0.4 is 25.3 Å². The molecule has 0 fully saturated rings. The number of phenolic OH excluding ortho intramolecular Hbond substituents is 1. The number of benzene rings is 4. The number of phenols is 1. The quantitative estimate of drug-likeness (QED) is 0.0935. The Bertz CT molecular complexity index is 1990. The third-order valence-electron chi connectivity index (χ3n) is 8.98. The molecule has 0 saturated carbocycles. The number of hydrogen-bond donors (Lipinski definition) is 3. The van der Waals surface area contributed by atoms with Gasteiger partial charge in [0.15, 0.2) is 69.8 Å². The molecule has 0 amide bonds. The predicted molar refractivity (Wildman–Crippen MR) is 174 cm³/mol. The van der Waals surface area contributed by atoms with Crippen molar-refractivity contribution in [1.82, 2.24) is 0 Å². The van der Waals surface area contributed by atoms with Crippen molar-refractivity contribution >= 4 is 12.6 Å². The number of nitrogens with one attached hydrogen (secondary N) is 2. The third kappa shape index (κ3) is 9.47. The van der Waals surface area contributed by atoms with E-state index in [2.05, 4.69) is 41.5 Å². The molecule has 21 heteroatoms. The SMILES string of the molecule is CC[NH+](CC)CC.CC[NH+](CC)CC.[O-]B([O-])c1cc(-c2c(F)c(F)c(F)c(F)c2F)c(O)c(-c2c(F)c(F)c(F)c(F)c2F)c1-c1c(F)c(F)c(F)c(F)c1F. The van der Waals surface area contributed by atoms with Gasteiger partial charge in [-0.3, -0.25) is 0 Å². The summed E-state index contributed by atoms with van der Waals surface area (Å²) in [6.07, 6.45) is 0. The normalized spacial score (nSPS) is 11.2. The highest BCUT2D eigenvalue weighted by Gasteiger charge is 2.37. The molecule has 0 aliphatic rings. The van der Waals surface area contributed by atoms with Crippen LogP contribution in [-0.4, -0.2) is 51.5 Å². The Morgan fingerprint density at radius 1 is 0.386 bits per heavy atom. The molecule has 5 nitrogen and oxygen atoms in total. The lowest BCUT2D eigenvalue weighted by atomic mass is 9.71. The number of quaternary nitrogens is 2. The van der Waals surface area contributed by atoms with Crippen molar-refractivity contribution < 1.29 is 90.8 Å². The van der Waals surface area contributed by atoms with E-state index in [4.69, 9.17) is 0 Å². The topological polar surface area (TPSA) is 75.2 Å². The Hall–Kier alpha value is -4.47. The zero-order chi connectivity index (χ0) is 44.0. The first-order chi connectivity index (χ1) is 26.6. The first-order valence-corrected chi connectivity index (χ1v) is 17.0. The van der Waals surface area contributed by atoms with Crippen molar-refractivity contribution in [2.75, 3.05) is 39.3 Å². The molecule has 0 aliphatic heterocycles. The maximum absolute atomic E-state index is 14.9. The molecule has 314 valence electrons. The van der Waals surface area contributed by atoms with Crippen molar-refractivity contribution in [3.8, 4) is 39.1 Å². The van der Waals surface area contributed by atoms with Crippen molar-refractivity contribution in [2.45, 2.75) is 41.5 Å². The van der Waals surface area contributed by atoms with Gasteiger partial charge in [0.2, 0.25) is 17.5 Å². The number of halogens is 15. The van der Waals surface area contributed by atoms with E-state index in [0.717, 1.165) is 0 Å². The summed E-state index contributed by atoms with van der Waals surface area (Å²) in [6.45, 7) is 21.0. The number of aromatic hydroxyl groups is 1. The van der Waals surface area contributed by atoms with Gasteiger partial charge in [-0.1, -0.05) is 13.2 Å². The summed E-state index contributed by atoms with van der Waals surface area (Å²) in [6, 6.07) is -0.415. The van der Waals surface area contributed by atoms with Gasteiger partial charge in [0.1, 0.15) is 5.75 Å². The molecule has 4 aromatic carbocycles. The van der Waals surface area contributed by atoms with Gasteiger partial charge in [-0.05, 0) is 47.1 Å². The Kier molecular flexibility index (Phi) is 17.3. The second kappa shape index (κ2) is 20.3. The Morgan fingerprint density at radius 2 is 0.614 bits per heavy atom. The lowest BCUT2D eigenvalue weighted by Crippen LogP contribution is -3.11. The van der Waals surface area contributed by atoms with Crippen LogP contribution in [0.2, 0.25) is 0 Å². The predicted octanol–water partition coefficient (Wildman–Crippen LogP) is 4.76. The average Bonchev–Trinajstić information content (AvgIpc) is 3.19.